The van der Waals surface area contributed by atoms with Crippen molar-refractivity contribution in [3.63, 3.8) is 0 Å². The Hall–Kier alpha value is -2.01. The highest BCUT2D eigenvalue weighted by atomic mass is 35.5. The monoisotopic (exact) mass is 273 g/mol. The fourth-order valence-corrected chi connectivity index (χ4v) is 2.24. The van der Waals surface area contributed by atoms with Gasteiger partial charge in [-0.15, -0.1) is 0 Å². The van der Waals surface area contributed by atoms with E-state index < -0.39 is 0 Å². The van der Waals surface area contributed by atoms with Crippen LogP contribution in [0.1, 0.15) is 25.1 Å². The number of rotatable bonds is 3. The quantitative estimate of drug-likeness (QED) is 0.736. The summed E-state index contributed by atoms with van der Waals surface area (Å²) >= 11 is 5.91. The van der Waals surface area contributed by atoms with E-state index in [0.717, 1.165) is 17.6 Å². The van der Waals surface area contributed by atoms with E-state index in [1.807, 2.05) is 22.9 Å². The highest BCUT2D eigenvalue weighted by Gasteiger charge is 2.17. The fraction of sp³-hybridized carbons (Fsp3) is 0.231. The molecular weight excluding hydrogens is 262 g/mol. The molecule has 3 heterocycles. The van der Waals surface area contributed by atoms with E-state index in [0.29, 0.717) is 10.8 Å². The van der Waals surface area contributed by atoms with Gasteiger partial charge in [-0.2, -0.15) is 5.10 Å². The van der Waals surface area contributed by atoms with Crippen LogP contribution in [-0.2, 0) is 0 Å². The lowest BCUT2D eigenvalue weighted by Crippen LogP contribution is -2.13. The lowest BCUT2D eigenvalue weighted by Gasteiger charge is -2.15. The summed E-state index contributed by atoms with van der Waals surface area (Å²) < 4.78 is 1.83. The molecule has 0 aromatic carbocycles. The van der Waals surface area contributed by atoms with Crippen LogP contribution < -0.4 is 0 Å². The van der Waals surface area contributed by atoms with Crippen molar-refractivity contribution in [2.45, 2.75) is 19.4 Å². The SMILES string of the molecule is CC[C@@H](c1ccccn1)n1ncc2ncc(Cl)nc21. The van der Waals surface area contributed by atoms with Crippen molar-refractivity contribution in [3.05, 3.63) is 47.6 Å². The summed E-state index contributed by atoms with van der Waals surface area (Å²) in [5.74, 6) is 0. The molecule has 0 radical (unpaired) electrons. The molecule has 0 N–H and O–H groups in total. The molecule has 0 aliphatic heterocycles. The van der Waals surface area contributed by atoms with Crippen LogP contribution in [0, 0.1) is 0 Å². The van der Waals surface area contributed by atoms with Gasteiger partial charge >= 0.3 is 0 Å². The zero-order valence-electron chi connectivity index (χ0n) is 10.4. The van der Waals surface area contributed by atoms with Crippen molar-refractivity contribution in [3.8, 4) is 0 Å². The van der Waals surface area contributed by atoms with Crippen LogP contribution in [-0.4, -0.2) is 24.7 Å². The van der Waals surface area contributed by atoms with Crippen LogP contribution in [0.2, 0.25) is 5.15 Å². The van der Waals surface area contributed by atoms with E-state index in [1.54, 1.807) is 12.4 Å². The van der Waals surface area contributed by atoms with Crippen LogP contribution in [0.5, 0.6) is 0 Å². The molecule has 0 saturated heterocycles. The Morgan fingerprint density at radius 2 is 2.16 bits per heavy atom. The number of hydrogen-bond donors (Lipinski definition) is 0. The maximum atomic E-state index is 5.91. The lowest BCUT2D eigenvalue weighted by molar-refractivity contribution is 0.509. The molecule has 0 aliphatic rings. The molecule has 6 heteroatoms. The van der Waals surface area contributed by atoms with Gasteiger partial charge in [0, 0.05) is 6.20 Å². The lowest BCUT2D eigenvalue weighted by atomic mass is 10.1. The van der Waals surface area contributed by atoms with Gasteiger partial charge in [0.15, 0.2) is 5.65 Å². The molecule has 0 amide bonds. The Kier molecular flexibility index (Phi) is 3.13. The number of hydrogen-bond acceptors (Lipinski definition) is 4. The standard InChI is InChI=1S/C13H12ClN5/c1-2-11(9-5-3-4-6-15-9)19-13-10(7-17-19)16-8-12(14)18-13/h3-8,11H,2H2,1H3/t11-/m0/s1. The summed E-state index contributed by atoms with van der Waals surface area (Å²) in [7, 11) is 0. The topological polar surface area (TPSA) is 56.5 Å². The predicted octanol–water partition coefficient (Wildman–Crippen LogP) is 2.87. The van der Waals surface area contributed by atoms with Crippen LogP contribution in [0.25, 0.3) is 11.2 Å². The van der Waals surface area contributed by atoms with Crippen molar-refractivity contribution >= 4 is 22.8 Å². The minimum absolute atomic E-state index is 0.0338. The van der Waals surface area contributed by atoms with Crippen LogP contribution in [0.15, 0.2) is 36.8 Å². The van der Waals surface area contributed by atoms with E-state index in [2.05, 4.69) is 27.0 Å². The molecule has 0 aliphatic carbocycles. The summed E-state index contributed by atoms with van der Waals surface area (Å²) in [6, 6.07) is 5.88. The zero-order valence-corrected chi connectivity index (χ0v) is 11.1. The number of halogens is 1. The number of nitrogens with zero attached hydrogens (tertiary/aromatic N) is 5. The second-order valence-electron chi connectivity index (χ2n) is 4.17. The van der Waals surface area contributed by atoms with Crippen LogP contribution in [0.3, 0.4) is 0 Å². The molecule has 0 saturated carbocycles. The maximum Gasteiger partial charge on any atom is 0.178 e. The average Bonchev–Trinajstić information content (AvgIpc) is 2.84. The molecule has 3 aromatic heterocycles. The van der Waals surface area contributed by atoms with Gasteiger partial charge < -0.3 is 0 Å². The summed E-state index contributed by atoms with van der Waals surface area (Å²) in [5.41, 5.74) is 2.38. The molecule has 3 aromatic rings. The first-order valence-electron chi connectivity index (χ1n) is 6.06. The maximum absolute atomic E-state index is 5.91. The minimum Gasteiger partial charge on any atom is -0.259 e. The summed E-state index contributed by atoms with van der Waals surface area (Å²) in [6.07, 6.45) is 5.87. The molecule has 5 nitrogen and oxygen atoms in total. The van der Waals surface area contributed by atoms with E-state index in [1.165, 1.54) is 6.20 Å². The Labute approximate surface area is 115 Å². The first-order valence-corrected chi connectivity index (χ1v) is 6.44. The third-order valence-electron chi connectivity index (χ3n) is 2.98. The summed E-state index contributed by atoms with van der Waals surface area (Å²) in [6.45, 7) is 2.09. The van der Waals surface area contributed by atoms with Gasteiger partial charge in [0.1, 0.15) is 10.7 Å². The molecule has 1 atom stereocenters. The van der Waals surface area contributed by atoms with Gasteiger partial charge in [-0.25, -0.2) is 14.6 Å². The molecule has 0 fully saturated rings. The van der Waals surface area contributed by atoms with Crippen molar-refractivity contribution in [2.24, 2.45) is 0 Å². The number of aromatic nitrogens is 5. The third kappa shape index (κ3) is 2.17. The highest BCUT2D eigenvalue weighted by molar-refractivity contribution is 6.29. The average molecular weight is 274 g/mol. The molecule has 19 heavy (non-hydrogen) atoms. The molecule has 0 spiro atoms. The van der Waals surface area contributed by atoms with Crippen molar-refractivity contribution in [1.82, 2.24) is 24.7 Å². The van der Waals surface area contributed by atoms with Gasteiger partial charge in [-0.1, -0.05) is 24.6 Å². The van der Waals surface area contributed by atoms with E-state index in [4.69, 9.17) is 11.6 Å². The van der Waals surface area contributed by atoms with Crippen molar-refractivity contribution in [2.75, 3.05) is 0 Å². The van der Waals surface area contributed by atoms with Gasteiger partial charge in [-0.05, 0) is 18.6 Å². The largest absolute Gasteiger partial charge is 0.259 e. The Bertz CT molecular complexity index is 695. The predicted molar refractivity (Wildman–Crippen MR) is 73.0 cm³/mol. The Balaban J connectivity index is 2.14. The second kappa shape index (κ2) is 4.93. The van der Waals surface area contributed by atoms with Gasteiger partial charge in [-0.3, -0.25) is 4.98 Å². The molecular formula is C13H12ClN5. The smallest absolute Gasteiger partial charge is 0.178 e. The third-order valence-corrected chi connectivity index (χ3v) is 3.17. The second-order valence-corrected chi connectivity index (χ2v) is 4.56. The number of pyridine rings is 1. The Morgan fingerprint density at radius 3 is 2.89 bits per heavy atom. The minimum atomic E-state index is 0.0338. The molecule has 0 bridgehead atoms. The molecule has 3 rings (SSSR count). The van der Waals surface area contributed by atoms with Gasteiger partial charge in [0.2, 0.25) is 0 Å². The molecule has 96 valence electrons. The molecule has 0 unspecified atom stereocenters. The van der Waals surface area contributed by atoms with E-state index in [-0.39, 0.29) is 6.04 Å². The van der Waals surface area contributed by atoms with Gasteiger partial charge in [0.05, 0.1) is 24.1 Å². The number of fused-ring (bicyclic) bond motifs is 1. The van der Waals surface area contributed by atoms with Gasteiger partial charge in [0.25, 0.3) is 0 Å². The highest BCUT2D eigenvalue weighted by Crippen LogP contribution is 2.23. The normalized spacial score (nSPS) is 12.7. The summed E-state index contributed by atoms with van der Waals surface area (Å²) in [5, 5.41) is 4.74. The van der Waals surface area contributed by atoms with E-state index in [9.17, 15) is 0 Å². The van der Waals surface area contributed by atoms with Crippen molar-refractivity contribution in [1.29, 1.82) is 0 Å². The van der Waals surface area contributed by atoms with E-state index >= 15 is 0 Å². The Morgan fingerprint density at radius 1 is 1.26 bits per heavy atom. The first-order chi connectivity index (χ1) is 9.29. The first kappa shape index (κ1) is 12.0. The zero-order chi connectivity index (χ0) is 13.2. The van der Waals surface area contributed by atoms with Crippen LogP contribution >= 0.6 is 11.6 Å². The summed E-state index contributed by atoms with van der Waals surface area (Å²) in [4.78, 5) is 12.9. The fourth-order valence-electron chi connectivity index (χ4n) is 2.11. The van der Waals surface area contributed by atoms with Crippen molar-refractivity contribution < 1.29 is 0 Å². The van der Waals surface area contributed by atoms with Crippen LogP contribution in [0.4, 0.5) is 0 Å².